The molecular formula is C25H27Cl2FN2O2. The Morgan fingerprint density at radius 3 is 2.47 bits per heavy atom. The summed E-state index contributed by atoms with van der Waals surface area (Å²) < 4.78 is 19.9. The van der Waals surface area contributed by atoms with Crippen LogP contribution in [-0.4, -0.2) is 22.9 Å². The summed E-state index contributed by atoms with van der Waals surface area (Å²) in [7, 11) is 0. The number of carbonyl (C=O) groups excluding carboxylic acids is 1. The van der Waals surface area contributed by atoms with Crippen molar-refractivity contribution >= 4 is 29.1 Å². The highest BCUT2D eigenvalue weighted by molar-refractivity contribution is 6.35. The molecule has 7 heteroatoms. The van der Waals surface area contributed by atoms with Crippen LogP contribution in [0.4, 0.5) is 4.39 Å². The van der Waals surface area contributed by atoms with Crippen molar-refractivity contribution in [2.45, 2.75) is 45.8 Å². The maximum atomic E-state index is 14.2. The molecule has 0 atom stereocenters. The molecule has 0 bridgehead atoms. The van der Waals surface area contributed by atoms with Gasteiger partial charge in [-0.05, 0) is 63.1 Å². The van der Waals surface area contributed by atoms with Crippen molar-refractivity contribution in [1.82, 2.24) is 10.2 Å². The first-order valence-corrected chi connectivity index (χ1v) is 11.2. The first-order chi connectivity index (χ1) is 15.1. The third kappa shape index (κ3) is 6.58. The van der Waals surface area contributed by atoms with Gasteiger partial charge in [0.25, 0.3) is 5.91 Å². The normalized spacial score (nSPS) is 11.7. The molecule has 1 amide bonds. The molecule has 0 aliphatic rings. The average Bonchev–Trinajstić information content (AvgIpc) is 3.19. The van der Waals surface area contributed by atoms with Crippen LogP contribution in [0.25, 0.3) is 0 Å². The van der Waals surface area contributed by atoms with Crippen LogP contribution in [0.2, 0.25) is 10.0 Å². The molecule has 2 aromatic carbocycles. The average molecular weight is 477 g/mol. The summed E-state index contributed by atoms with van der Waals surface area (Å²) in [6, 6.07) is 15.5. The number of benzene rings is 2. The highest BCUT2D eigenvalue weighted by atomic mass is 35.5. The van der Waals surface area contributed by atoms with Crippen LogP contribution in [0.1, 0.15) is 48.2 Å². The Morgan fingerprint density at radius 2 is 1.78 bits per heavy atom. The smallest absolute Gasteiger partial charge is 0.287 e. The monoisotopic (exact) mass is 476 g/mol. The van der Waals surface area contributed by atoms with Gasteiger partial charge in [-0.2, -0.15) is 0 Å². The Balaban J connectivity index is 1.60. The van der Waals surface area contributed by atoms with Crippen molar-refractivity contribution in [3.63, 3.8) is 0 Å². The van der Waals surface area contributed by atoms with E-state index in [4.69, 9.17) is 27.6 Å². The predicted molar refractivity (Wildman–Crippen MR) is 127 cm³/mol. The van der Waals surface area contributed by atoms with E-state index < -0.39 is 0 Å². The minimum absolute atomic E-state index is 0.227. The highest BCUT2D eigenvalue weighted by Crippen LogP contribution is 2.23. The van der Waals surface area contributed by atoms with Crippen molar-refractivity contribution in [3.05, 3.63) is 93.1 Å². The van der Waals surface area contributed by atoms with Crippen LogP contribution in [-0.2, 0) is 19.5 Å². The van der Waals surface area contributed by atoms with E-state index in [-0.39, 0.29) is 23.0 Å². The van der Waals surface area contributed by atoms with E-state index in [0.29, 0.717) is 47.4 Å². The van der Waals surface area contributed by atoms with Crippen molar-refractivity contribution < 1.29 is 13.6 Å². The van der Waals surface area contributed by atoms with Gasteiger partial charge in [-0.1, -0.05) is 47.5 Å². The second kappa shape index (κ2) is 10.5. The van der Waals surface area contributed by atoms with Gasteiger partial charge in [-0.15, -0.1) is 0 Å². The quantitative estimate of drug-likeness (QED) is 0.403. The fourth-order valence-electron chi connectivity index (χ4n) is 3.26. The lowest BCUT2D eigenvalue weighted by Gasteiger charge is -2.35. The van der Waals surface area contributed by atoms with Crippen LogP contribution >= 0.6 is 23.2 Å². The Hall–Kier alpha value is -2.34. The number of carbonyl (C=O) groups is 1. The van der Waals surface area contributed by atoms with E-state index in [0.717, 1.165) is 5.56 Å². The third-order valence-corrected chi connectivity index (χ3v) is 5.78. The predicted octanol–water partition coefficient (Wildman–Crippen LogP) is 6.50. The molecule has 0 saturated heterocycles. The van der Waals surface area contributed by atoms with Gasteiger partial charge in [0, 0.05) is 34.2 Å². The van der Waals surface area contributed by atoms with E-state index >= 15 is 0 Å². The summed E-state index contributed by atoms with van der Waals surface area (Å²) in [4.78, 5) is 14.6. The van der Waals surface area contributed by atoms with Gasteiger partial charge in [0.05, 0.1) is 6.54 Å². The number of nitrogens with zero attached hydrogens (tertiary/aromatic N) is 1. The Labute approximate surface area is 198 Å². The van der Waals surface area contributed by atoms with Crippen molar-refractivity contribution in [2.24, 2.45) is 0 Å². The van der Waals surface area contributed by atoms with Gasteiger partial charge in [0.2, 0.25) is 0 Å². The topological polar surface area (TPSA) is 45.5 Å². The van der Waals surface area contributed by atoms with E-state index in [1.807, 2.05) is 12.1 Å². The van der Waals surface area contributed by atoms with Gasteiger partial charge in [-0.3, -0.25) is 9.69 Å². The summed E-state index contributed by atoms with van der Waals surface area (Å²) >= 11 is 12.1. The summed E-state index contributed by atoms with van der Waals surface area (Å²) in [5.41, 5.74) is 1.30. The van der Waals surface area contributed by atoms with E-state index in [9.17, 15) is 9.18 Å². The molecule has 4 nitrogen and oxygen atoms in total. The molecule has 0 fully saturated rings. The minimum Gasteiger partial charge on any atom is -0.455 e. The van der Waals surface area contributed by atoms with Crippen molar-refractivity contribution in [3.8, 4) is 0 Å². The molecule has 170 valence electrons. The molecule has 3 aromatic rings. The number of amides is 1. The lowest BCUT2D eigenvalue weighted by atomic mass is 10.0. The number of halogens is 3. The first-order valence-electron chi connectivity index (χ1n) is 10.4. The van der Waals surface area contributed by atoms with Gasteiger partial charge < -0.3 is 9.73 Å². The van der Waals surface area contributed by atoms with Gasteiger partial charge >= 0.3 is 0 Å². The maximum absolute atomic E-state index is 14.2. The van der Waals surface area contributed by atoms with Gasteiger partial charge in [-0.25, -0.2) is 4.39 Å². The number of hydrogen-bond acceptors (Lipinski definition) is 3. The fraction of sp³-hybridized carbons (Fsp3) is 0.320. The zero-order valence-electron chi connectivity index (χ0n) is 18.4. The fourth-order valence-corrected chi connectivity index (χ4v) is 3.76. The van der Waals surface area contributed by atoms with Crippen molar-refractivity contribution in [1.29, 1.82) is 0 Å². The molecule has 1 aromatic heterocycles. The minimum atomic E-state index is -0.294. The summed E-state index contributed by atoms with van der Waals surface area (Å²) in [6.07, 6.45) is 0.579. The van der Waals surface area contributed by atoms with Crippen LogP contribution in [0.3, 0.4) is 0 Å². The standard InChI is InChI=1S/C25H27Cl2FN2O2/c1-25(2,3)30(15-18-6-4-5-7-22(18)28)16-20-10-11-23(32-20)24(31)29-13-12-17-8-9-19(26)14-21(17)27/h4-11,14H,12-13,15-16H2,1-3H3,(H,29,31). The number of furan rings is 1. The second-order valence-corrected chi connectivity index (χ2v) is 9.47. The first kappa shape index (κ1) is 24.3. The highest BCUT2D eigenvalue weighted by Gasteiger charge is 2.24. The largest absolute Gasteiger partial charge is 0.455 e. The number of hydrogen-bond donors (Lipinski definition) is 1. The van der Waals surface area contributed by atoms with E-state index in [1.54, 1.807) is 36.4 Å². The molecule has 1 heterocycles. The molecule has 0 spiro atoms. The SMILES string of the molecule is CC(C)(C)N(Cc1ccc(C(=O)NCCc2ccc(Cl)cc2Cl)o1)Cc1ccccc1F. The van der Waals surface area contributed by atoms with Crippen molar-refractivity contribution in [2.75, 3.05) is 6.54 Å². The Morgan fingerprint density at radius 1 is 1.03 bits per heavy atom. The zero-order valence-corrected chi connectivity index (χ0v) is 19.9. The molecule has 3 rings (SSSR count). The third-order valence-electron chi connectivity index (χ3n) is 5.19. The summed E-state index contributed by atoms with van der Waals surface area (Å²) in [5.74, 6) is 0.351. The zero-order chi connectivity index (χ0) is 23.3. The molecule has 0 aliphatic carbocycles. The van der Waals surface area contributed by atoms with Crippen LogP contribution in [0.5, 0.6) is 0 Å². The molecule has 0 radical (unpaired) electrons. The second-order valence-electron chi connectivity index (χ2n) is 8.63. The molecule has 0 unspecified atom stereocenters. The lowest BCUT2D eigenvalue weighted by molar-refractivity contribution is 0.0905. The van der Waals surface area contributed by atoms with Gasteiger partial charge in [0.1, 0.15) is 11.6 Å². The Kier molecular flexibility index (Phi) is 7.99. The van der Waals surface area contributed by atoms with E-state index in [2.05, 4.69) is 31.0 Å². The summed E-state index contributed by atoms with van der Waals surface area (Å²) in [5, 5.41) is 3.99. The van der Waals surface area contributed by atoms with Crippen LogP contribution < -0.4 is 5.32 Å². The number of nitrogens with one attached hydrogen (secondary N) is 1. The Bertz CT molecular complexity index is 1080. The van der Waals surface area contributed by atoms with Crippen LogP contribution in [0.15, 0.2) is 59.0 Å². The van der Waals surface area contributed by atoms with E-state index in [1.165, 1.54) is 6.07 Å². The molecule has 1 N–H and O–H groups in total. The lowest BCUT2D eigenvalue weighted by Crippen LogP contribution is -2.40. The van der Waals surface area contributed by atoms with Crippen LogP contribution in [0, 0.1) is 5.82 Å². The molecule has 0 aliphatic heterocycles. The molecule has 32 heavy (non-hydrogen) atoms. The number of rotatable bonds is 8. The maximum Gasteiger partial charge on any atom is 0.287 e. The molecular weight excluding hydrogens is 450 g/mol. The van der Waals surface area contributed by atoms with Gasteiger partial charge in [0.15, 0.2) is 5.76 Å². The molecule has 0 saturated carbocycles. The summed E-state index contributed by atoms with van der Waals surface area (Å²) in [6.45, 7) is 7.48.